The Labute approximate surface area is 153 Å². The highest BCUT2D eigenvalue weighted by molar-refractivity contribution is 5.70. The fourth-order valence-corrected chi connectivity index (χ4v) is 3.51. The largest absolute Gasteiger partial charge is 0.469 e. The van der Waals surface area contributed by atoms with Gasteiger partial charge < -0.3 is 29.0 Å². The normalized spacial score (nSPS) is 30.8. The van der Waals surface area contributed by atoms with Crippen molar-refractivity contribution in [2.75, 3.05) is 14.2 Å². The van der Waals surface area contributed by atoms with E-state index in [0.29, 0.717) is 6.54 Å². The fraction of sp³-hybridized carbons (Fsp3) is 0.632. The second-order valence-electron chi connectivity index (χ2n) is 7.02. The van der Waals surface area contributed by atoms with Gasteiger partial charge in [-0.15, -0.1) is 0 Å². The second kappa shape index (κ2) is 8.02. The summed E-state index contributed by atoms with van der Waals surface area (Å²) in [6, 6.07) is 9.67. The second-order valence-corrected chi connectivity index (χ2v) is 7.02. The minimum atomic E-state index is -0.716. The molecule has 3 rings (SSSR count). The van der Waals surface area contributed by atoms with Crippen molar-refractivity contribution in [2.24, 2.45) is 0 Å². The summed E-state index contributed by atoms with van der Waals surface area (Å²) in [5.74, 6) is -1.03. The minimum absolute atomic E-state index is 0.163. The van der Waals surface area contributed by atoms with E-state index in [2.05, 4.69) is 5.32 Å². The van der Waals surface area contributed by atoms with Gasteiger partial charge in [0.15, 0.2) is 12.1 Å². The molecule has 7 heteroatoms. The first-order chi connectivity index (χ1) is 12.4. The molecule has 0 amide bonds. The van der Waals surface area contributed by atoms with Crippen LogP contribution in [0.3, 0.4) is 0 Å². The number of carbonyl (C=O) groups is 1. The number of esters is 1. The number of benzene rings is 1. The Hall–Kier alpha value is -1.51. The summed E-state index contributed by atoms with van der Waals surface area (Å²) in [6.07, 6.45) is -1.43. The first-order valence-corrected chi connectivity index (χ1v) is 8.81. The van der Waals surface area contributed by atoms with Gasteiger partial charge in [-0.1, -0.05) is 30.3 Å². The van der Waals surface area contributed by atoms with E-state index in [4.69, 9.17) is 23.7 Å². The quantitative estimate of drug-likeness (QED) is 0.736. The van der Waals surface area contributed by atoms with Crippen molar-refractivity contribution in [1.82, 2.24) is 5.32 Å². The van der Waals surface area contributed by atoms with Gasteiger partial charge in [0.2, 0.25) is 0 Å². The summed E-state index contributed by atoms with van der Waals surface area (Å²) >= 11 is 0. The molecule has 5 atom stereocenters. The Balaban J connectivity index is 1.72. The maximum Gasteiger partial charge on any atom is 0.307 e. The number of nitrogens with one attached hydrogen (secondary N) is 1. The topological polar surface area (TPSA) is 75.3 Å². The van der Waals surface area contributed by atoms with Crippen molar-refractivity contribution in [3.05, 3.63) is 35.9 Å². The van der Waals surface area contributed by atoms with Crippen LogP contribution in [0.5, 0.6) is 0 Å². The lowest BCUT2D eigenvalue weighted by molar-refractivity contribution is -0.220. The highest BCUT2D eigenvalue weighted by Gasteiger charge is 2.56. The number of ether oxygens (including phenoxy) is 5. The average Bonchev–Trinajstić information content (AvgIpc) is 3.10. The number of carbonyl (C=O) groups excluding carboxylic acids is 1. The first-order valence-electron chi connectivity index (χ1n) is 8.81. The van der Waals surface area contributed by atoms with Crippen LogP contribution >= 0.6 is 0 Å². The maximum absolute atomic E-state index is 11.9. The Morgan fingerprint density at radius 3 is 2.62 bits per heavy atom. The van der Waals surface area contributed by atoms with Gasteiger partial charge in [-0.05, 0) is 19.4 Å². The summed E-state index contributed by atoms with van der Waals surface area (Å²) in [5.41, 5.74) is 1.11. The molecule has 1 aromatic rings. The van der Waals surface area contributed by atoms with Gasteiger partial charge in [0.25, 0.3) is 0 Å². The number of fused-ring (bicyclic) bond motifs is 1. The van der Waals surface area contributed by atoms with E-state index in [1.165, 1.54) is 7.11 Å². The average molecular weight is 365 g/mol. The van der Waals surface area contributed by atoms with E-state index in [1.807, 2.05) is 44.2 Å². The lowest BCUT2D eigenvalue weighted by Crippen LogP contribution is -2.49. The van der Waals surface area contributed by atoms with Crippen LogP contribution in [0.2, 0.25) is 0 Å². The van der Waals surface area contributed by atoms with Gasteiger partial charge >= 0.3 is 5.97 Å². The SMILES string of the molecule is COC(=O)C[C@H](NCc1ccccc1)[C@H]1O[C@@H]2OC(C)(C)O[C@@H]2[C@H]1OC. The van der Waals surface area contributed by atoms with E-state index < -0.39 is 18.2 Å². The van der Waals surface area contributed by atoms with Crippen LogP contribution in [-0.2, 0) is 35.0 Å². The summed E-state index contributed by atoms with van der Waals surface area (Å²) in [7, 11) is 2.99. The predicted molar refractivity (Wildman–Crippen MR) is 93.2 cm³/mol. The molecule has 0 bridgehead atoms. The zero-order chi connectivity index (χ0) is 18.7. The number of methoxy groups -OCH3 is 2. The third kappa shape index (κ3) is 4.24. The molecule has 2 aliphatic rings. The molecule has 1 N–H and O–H groups in total. The molecule has 0 radical (unpaired) electrons. The smallest absolute Gasteiger partial charge is 0.307 e. The molecule has 0 aromatic heterocycles. The molecule has 26 heavy (non-hydrogen) atoms. The van der Waals surface area contributed by atoms with Crippen LogP contribution in [0, 0.1) is 0 Å². The Bertz CT molecular complexity index is 607. The summed E-state index contributed by atoms with van der Waals surface area (Å²) in [5, 5.41) is 3.40. The van der Waals surface area contributed by atoms with Gasteiger partial charge in [0.05, 0.1) is 13.5 Å². The zero-order valence-electron chi connectivity index (χ0n) is 15.6. The maximum atomic E-state index is 11.9. The van der Waals surface area contributed by atoms with Gasteiger partial charge in [-0.25, -0.2) is 0 Å². The van der Waals surface area contributed by atoms with Gasteiger partial charge in [0, 0.05) is 19.7 Å². The van der Waals surface area contributed by atoms with Crippen molar-refractivity contribution in [3.63, 3.8) is 0 Å². The Morgan fingerprint density at radius 1 is 1.23 bits per heavy atom. The summed E-state index contributed by atoms with van der Waals surface area (Å²) in [6.45, 7) is 4.29. The highest BCUT2D eigenvalue weighted by Crippen LogP contribution is 2.39. The standard InChI is InChI=1S/C19H27NO6/c1-19(2)25-17-16(23-4)15(24-18(17)26-19)13(10-14(21)22-3)20-11-12-8-6-5-7-9-12/h5-9,13,15-18,20H,10-11H2,1-4H3/t13-,15+,16-,17+,18+/m0/s1. The molecule has 144 valence electrons. The van der Waals surface area contributed by atoms with E-state index in [0.717, 1.165) is 5.56 Å². The number of hydrogen-bond donors (Lipinski definition) is 1. The Kier molecular flexibility index (Phi) is 5.94. The van der Waals surface area contributed by atoms with E-state index in [1.54, 1.807) is 7.11 Å². The Morgan fingerprint density at radius 2 is 1.96 bits per heavy atom. The van der Waals surface area contributed by atoms with Crippen LogP contribution < -0.4 is 5.32 Å². The fourth-order valence-electron chi connectivity index (χ4n) is 3.51. The number of hydrogen-bond acceptors (Lipinski definition) is 7. The lowest BCUT2D eigenvalue weighted by atomic mass is 10.00. The number of rotatable bonds is 7. The van der Waals surface area contributed by atoms with Gasteiger partial charge in [0.1, 0.15) is 18.3 Å². The molecule has 2 heterocycles. The summed E-state index contributed by atoms with van der Waals surface area (Å²) < 4.78 is 28.3. The summed E-state index contributed by atoms with van der Waals surface area (Å²) in [4.78, 5) is 11.9. The molecule has 0 aliphatic carbocycles. The van der Waals surface area contributed by atoms with Gasteiger partial charge in [-0.3, -0.25) is 4.79 Å². The highest BCUT2D eigenvalue weighted by atomic mass is 16.8. The van der Waals surface area contributed by atoms with Crippen LogP contribution in [0.4, 0.5) is 0 Å². The monoisotopic (exact) mass is 365 g/mol. The van der Waals surface area contributed by atoms with Gasteiger partial charge in [-0.2, -0.15) is 0 Å². The molecule has 7 nitrogen and oxygen atoms in total. The first kappa shape index (κ1) is 19.3. The molecular formula is C19H27NO6. The van der Waals surface area contributed by atoms with Crippen LogP contribution in [0.1, 0.15) is 25.8 Å². The third-order valence-corrected chi connectivity index (χ3v) is 4.72. The van der Waals surface area contributed by atoms with Crippen LogP contribution in [0.15, 0.2) is 30.3 Å². The van der Waals surface area contributed by atoms with Crippen molar-refractivity contribution in [2.45, 2.75) is 63.2 Å². The molecule has 2 saturated heterocycles. The predicted octanol–water partition coefficient (Wildman–Crippen LogP) is 1.60. The van der Waals surface area contributed by atoms with E-state index in [-0.39, 0.29) is 30.6 Å². The molecule has 2 aliphatic heterocycles. The van der Waals surface area contributed by atoms with Crippen molar-refractivity contribution >= 4 is 5.97 Å². The van der Waals surface area contributed by atoms with Crippen molar-refractivity contribution < 1.29 is 28.5 Å². The van der Waals surface area contributed by atoms with E-state index >= 15 is 0 Å². The van der Waals surface area contributed by atoms with Crippen LogP contribution in [-0.4, -0.2) is 56.6 Å². The van der Waals surface area contributed by atoms with Crippen LogP contribution in [0.25, 0.3) is 0 Å². The third-order valence-electron chi connectivity index (χ3n) is 4.72. The molecule has 0 saturated carbocycles. The van der Waals surface area contributed by atoms with Crippen molar-refractivity contribution in [1.29, 1.82) is 0 Å². The molecule has 2 fully saturated rings. The zero-order valence-corrected chi connectivity index (χ0v) is 15.6. The van der Waals surface area contributed by atoms with E-state index in [9.17, 15) is 4.79 Å². The molecule has 1 aromatic carbocycles. The lowest BCUT2D eigenvalue weighted by Gasteiger charge is -2.30. The minimum Gasteiger partial charge on any atom is -0.469 e. The molecular weight excluding hydrogens is 338 g/mol. The molecule has 0 spiro atoms. The van der Waals surface area contributed by atoms with Crippen molar-refractivity contribution in [3.8, 4) is 0 Å². The molecule has 0 unspecified atom stereocenters.